The van der Waals surface area contributed by atoms with Crippen LogP contribution >= 0.6 is 0 Å². The molecule has 4 nitrogen and oxygen atoms in total. The molecule has 4 rings (SSSR count). The van der Waals surface area contributed by atoms with Gasteiger partial charge in [-0.15, -0.1) is 13.2 Å². The highest BCUT2D eigenvalue weighted by atomic mass is 19.4. The van der Waals surface area contributed by atoms with Crippen LogP contribution in [0.4, 0.5) is 13.2 Å². The molecule has 2 aliphatic rings. The fourth-order valence-electron chi connectivity index (χ4n) is 4.74. The molecule has 1 N–H and O–H groups in total. The summed E-state index contributed by atoms with van der Waals surface area (Å²) in [5, 5.41) is 3.59. The van der Waals surface area contributed by atoms with E-state index in [1.54, 1.807) is 6.07 Å². The van der Waals surface area contributed by atoms with E-state index in [-0.39, 0.29) is 17.7 Å². The molecule has 0 unspecified atom stereocenters. The van der Waals surface area contributed by atoms with Crippen molar-refractivity contribution in [1.82, 2.24) is 5.32 Å². The minimum Gasteiger partial charge on any atom is -0.494 e. The van der Waals surface area contributed by atoms with Crippen LogP contribution in [0.5, 0.6) is 11.5 Å². The summed E-state index contributed by atoms with van der Waals surface area (Å²) in [7, 11) is 0. The van der Waals surface area contributed by atoms with Crippen molar-refractivity contribution in [2.45, 2.75) is 50.1 Å². The van der Waals surface area contributed by atoms with Gasteiger partial charge in [0.25, 0.3) is 0 Å². The standard InChI is InChI=1S/C23H26F3NO3/c1-2-28-20-10-9-18(30-23(24,25)26)13-19(20)17-14-22(29-15-17)11-6-12-27-21(22)16-7-4-3-5-8-16/h3-5,7-10,13,17,21,27H,2,6,11-12,14-15H2,1H3/t17-,21+,22-/m1/s1. The molecule has 30 heavy (non-hydrogen) atoms. The van der Waals surface area contributed by atoms with E-state index in [0.717, 1.165) is 24.9 Å². The Kier molecular flexibility index (Phi) is 5.93. The van der Waals surface area contributed by atoms with Gasteiger partial charge in [0.05, 0.1) is 24.9 Å². The smallest absolute Gasteiger partial charge is 0.494 e. The molecule has 2 fully saturated rings. The zero-order valence-corrected chi connectivity index (χ0v) is 16.9. The first-order chi connectivity index (χ1) is 14.4. The predicted molar refractivity (Wildman–Crippen MR) is 107 cm³/mol. The summed E-state index contributed by atoms with van der Waals surface area (Å²) >= 11 is 0. The monoisotopic (exact) mass is 421 g/mol. The van der Waals surface area contributed by atoms with Gasteiger partial charge >= 0.3 is 6.36 Å². The lowest BCUT2D eigenvalue weighted by molar-refractivity contribution is -0.274. The molecule has 7 heteroatoms. The van der Waals surface area contributed by atoms with E-state index in [1.807, 2.05) is 25.1 Å². The van der Waals surface area contributed by atoms with Crippen molar-refractivity contribution in [3.63, 3.8) is 0 Å². The Balaban J connectivity index is 1.63. The van der Waals surface area contributed by atoms with E-state index >= 15 is 0 Å². The number of halogens is 3. The van der Waals surface area contributed by atoms with E-state index in [4.69, 9.17) is 9.47 Å². The number of piperidine rings is 1. The maximum Gasteiger partial charge on any atom is 0.573 e. The molecule has 0 bridgehead atoms. The number of rotatable bonds is 5. The van der Waals surface area contributed by atoms with Gasteiger partial charge in [-0.2, -0.15) is 0 Å². The lowest BCUT2D eigenvalue weighted by atomic mass is 9.77. The SMILES string of the molecule is CCOc1ccc(OC(F)(F)F)cc1[C@H]1CO[C@]2(CCCN[C@H]2c2ccccc2)C1. The van der Waals surface area contributed by atoms with Crippen molar-refractivity contribution in [2.24, 2.45) is 0 Å². The third-order valence-corrected chi connectivity index (χ3v) is 5.90. The summed E-state index contributed by atoms with van der Waals surface area (Å²) in [5.74, 6) is 0.274. The van der Waals surface area contributed by atoms with Gasteiger partial charge in [-0.25, -0.2) is 0 Å². The van der Waals surface area contributed by atoms with Crippen LogP contribution in [-0.4, -0.2) is 31.7 Å². The van der Waals surface area contributed by atoms with Crippen molar-refractivity contribution in [2.75, 3.05) is 19.8 Å². The van der Waals surface area contributed by atoms with E-state index in [0.29, 0.717) is 30.9 Å². The van der Waals surface area contributed by atoms with Crippen molar-refractivity contribution in [3.05, 3.63) is 59.7 Å². The summed E-state index contributed by atoms with van der Waals surface area (Å²) in [6.07, 6.45) is -2.14. The summed E-state index contributed by atoms with van der Waals surface area (Å²) < 4.78 is 54.5. The lowest BCUT2D eigenvalue weighted by Crippen LogP contribution is -2.48. The number of hydrogen-bond donors (Lipinski definition) is 1. The van der Waals surface area contributed by atoms with Crippen LogP contribution in [0.3, 0.4) is 0 Å². The first-order valence-electron chi connectivity index (χ1n) is 10.3. The molecule has 3 atom stereocenters. The first kappa shape index (κ1) is 21.0. The van der Waals surface area contributed by atoms with Crippen LogP contribution in [0.1, 0.15) is 49.3 Å². The maximum absolute atomic E-state index is 12.7. The fraction of sp³-hybridized carbons (Fsp3) is 0.478. The zero-order chi connectivity index (χ0) is 21.2. The minimum absolute atomic E-state index is 0.0441. The molecule has 2 aromatic rings. The average molecular weight is 421 g/mol. The van der Waals surface area contributed by atoms with Crippen LogP contribution in [-0.2, 0) is 4.74 Å². The summed E-state index contributed by atoms with van der Waals surface area (Å²) in [4.78, 5) is 0. The van der Waals surface area contributed by atoms with Gasteiger partial charge in [0.2, 0.25) is 0 Å². The molecule has 2 aliphatic heterocycles. The molecule has 2 saturated heterocycles. The number of hydrogen-bond acceptors (Lipinski definition) is 4. The Hall–Kier alpha value is -2.25. The Bertz CT molecular complexity index is 859. The van der Waals surface area contributed by atoms with E-state index in [9.17, 15) is 13.2 Å². The quantitative estimate of drug-likeness (QED) is 0.706. The fourth-order valence-corrected chi connectivity index (χ4v) is 4.74. The number of benzene rings is 2. The lowest BCUT2D eigenvalue weighted by Gasteiger charge is -2.41. The molecular formula is C23H26F3NO3. The summed E-state index contributed by atoms with van der Waals surface area (Å²) in [6, 6.07) is 14.5. The molecule has 0 aliphatic carbocycles. The highest BCUT2D eigenvalue weighted by Crippen LogP contribution is 2.50. The molecule has 0 aromatic heterocycles. The van der Waals surface area contributed by atoms with Crippen molar-refractivity contribution in [3.8, 4) is 11.5 Å². The van der Waals surface area contributed by atoms with Gasteiger partial charge in [0.15, 0.2) is 0 Å². The van der Waals surface area contributed by atoms with Crippen molar-refractivity contribution in [1.29, 1.82) is 0 Å². The average Bonchev–Trinajstić information content (AvgIpc) is 3.13. The third kappa shape index (κ3) is 4.42. The molecule has 0 amide bonds. The second kappa shape index (κ2) is 8.47. The van der Waals surface area contributed by atoms with Crippen LogP contribution in [0.25, 0.3) is 0 Å². The first-order valence-corrected chi connectivity index (χ1v) is 10.3. The molecule has 2 aromatic carbocycles. The van der Waals surface area contributed by atoms with Gasteiger partial charge < -0.3 is 19.5 Å². The Morgan fingerprint density at radius 2 is 1.97 bits per heavy atom. The van der Waals surface area contributed by atoms with E-state index in [1.165, 1.54) is 12.1 Å². The summed E-state index contributed by atoms with van der Waals surface area (Å²) in [5.41, 5.74) is 1.47. The number of nitrogens with one attached hydrogen (secondary N) is 1. The molecular weight excluding hydrogens is 395 g/mol. The molecule has 1 spiro atoms. The van der Waals surface area contributed by atoms with Gasteiger partial charge in [-0.1, -0.05) is 30.3 Å². The van der Waals surface area contributed by atoms with Crippen LogP contribution in [0.2, 0.25) is 0 Å². The predicted octanol–water partition coefficient (Wildman–Crippen LogP) is 5.35. The third-order valence-electron chi connectivity index (χ3n) is 5.90. The van der Waals surface area contributed by atoms with Crippen molar-refractivity contribution >= 4 is 0 Å². The van der Waals surface area contributed by atoms with Crippen LogP contribution in [0, 0.1) is 0 Å². The topological polar surface area (TPSA) is 39.7 Å². The van der Waals surface area contributed by atoms with Gasteiger partial charge in [0.1, 0.15) is 11.5 Å². The molecule has 0 saturated carbocycles. The van der Waals surface area contributed by atoms with Crippen molar-refractivity contribution < 1.29 is 27.4 Å². The zero-order valence-electron chi connectivity index (χ0n) is 16.9. The van der Waals surface area contributed by atoms with Gasteiger partial charge in [-0.05, 0) is 56.5 Å². The Labute approximate surface area is 174 Å². The normalized spacial score (nSPS) is 26.7. The minimum atomic E-state index is -4.73. The van der Waals surface area contributed by atoms with E-state index in [2.05, 4.69) is 22.2 Å². The molecule has 0 radical (unpaired) electrons. The Morgan fingerprint density at radius 1 is 1.17 bits per heavy atom. The van der Waals surface area contributed by atoms with Gasteiger partial charge in [0, 0.05) is 11.5 Å². The van der Waals surface area contributed by atoms with Crippen LogP contribution < -0.4 is 14.8 Å². The largest absolute Gasteiger partial charge is 0.573 e. The highest BCUT2D eigenvalue weighted by molar-refractivity contribution is 5.44. The highest BCUT2D eigenvalue weighted by Gasteiger charge is 2.49. The molecule has 2 heterocycles. The second-order valence-electron chi connectivity index (χ2n) is 7.86. The van der Waals surface area contributed by atoms with Crippen LogP contribution in [0.15, 0.2) is 48.5 Å². The van der Waals surface area contributed by atoms with E-state index < -0.39 is 12.0 Å². The Morgan fingerprint density at radius 3 is 2.70 bits per heavy atom. The summed E-state index contributed by atoms with van der Waals surface area (Å²) in [6.45, 7) is 3.63. The number of alkyl halides is 3. The number of ether oxygens (including phenoxy) is 3. The maximum atomic E-state index is 12.7. The van der Waals surface area contributed by atoms with Gasteiger partial charge in [-0.3, -0.25) is 0 Å². The second-order valence-corrected chi connectivity index (χ2v) is 7.86. The molecule has 162 valence electrons.